The molecule has 3 heterocycles. The van der Waals surface area contributed by atoms with E-state index in [2.05, 4.69) is 9.97 Å². The summed E-state index contributed by atoms with van der Waals surface area (Å²) in [6.45, 7) is 0. The third kappa shape index (κ3) is 2.30. The summed E-state index contributed by atoms with van der Waals surface area (Å²) in [6, 6.07) is 0. The predicted octanol–water partition coefficient (Wildman–Crippen LogP) is -2.81. The average Bonchev–Trinajstić information content (AvgIpc) is 3.05. The number of aliphatic hydroxyl groups excluding tert-OH is 3. The molecule has 0 bridgehead atoms. The van der Waals surface area contributed by atoms with E-state index in [9.17, 15) is 24.9 Å². The van der Waals surface area contributed by atoms with Crippen LogP contribution in [0.5, 0.6) is 0 Å². The lowest BCUT2D eigenvalue weighted by atomic mass is 10.1. The summed E-state index contributed by atoms with van der Waals surface area (Å²) >= 11 is 0. The van der Waals surface area contributed by atoms with Gasteiger partial charge < -0.3 is 29.7 Å². The van der Waals surface area contributed by atoms with Crippen LogP contribution >= 0.6 is 0 Å². The van der Waals surface area contributed by atoms with Crippen molar-refractivity contribution in [3.05, 3.63) is 23.0 Å². The van der Waals surface area contributed by atoms with Crippen LogP contribution in [0.3, 0.4) is 0 Å². The van der Waals surface area contributed by atoms with E-state index in [0.29, 0.717) is 0 Å². The molecule has 4 N–H and O–H groups in total. The van der Waals surface area contributed by atoms with Gasteiger partial charge >= 0.3 is 5.97 Å². The Morgan fingerprint density at radius 1 is 1.30 bits per heavy atom. The van der Waals surface area contributed by atoms with Crippen LogP contribution in [0.15, 0.2) is 17.4 Å². The van der Waals surface area contributed by atoms with E-state index >= 15 is 0 Å². The molecule has 2 aromatic rings. The van der Waals surface area contributed by atoms with Gasteiger partial charge in [0.2, 0.25) is 0 Å². The lowest BCUT2D eigenvalue weighted by molar-refractivity contribution is -0.160. The second kappa shape index (κ2) is 5.38. The number of ether oxygens (including phenoxy) is 1. The highest BCUT2D eigenvalue weighted by molar-refractivity contribution is 5.73. The minimum absolute atomic E-state index is 0.0301. The Morgan fingerprint density at radius 3 is 2.65 bits per heavy atom. The fraction of sp³-hybridized carbons (Fsp3) is 0.500. The molecule has 1 fully saturated rings. The standard InChI is InChI=1S/C12H14N4O7/c1-15-2-14-9-4(10(15)20)13-3-16(9)11-6(18)5(17)8(23-11)7(19)12(21)22/h2-3,5-8,11,17-19H,1H3,(H,21,22)/t5-,6+,7?,8-,11+/m0/s1. The molecule has 1 aliphatic rings. The van der Waals surface area contributed by atoms with Crippen molar-refractivity contribution in [2.75, 3.05) is 0 Å². The molecule has 0 radical (unpaired) electrons. The molecule has 5 atom stereocenters. The number of aromatic nitrogens is 4. The molecule has 0 amide bonds. The van der Waals surface area contributed by atoms with Gasteiger partial charge in [-0.25, -0.2) is 14.8 Å². The zero-order valence-corrected chi connectivity index (χ0v) is 11.8. The van der Waals surface area contributed by atoms with Crippen molar-refractivity contribution in [3.63, 3.8) is 0 Å². The summed E-state index contributed by atoms with van der Waals surface area (Å²) in [5.74, 6) is -1.59. The van der Waals surface area contributed by atoms with Crippen LogP contribution in [0.1, 0.15) is 6.23 Å². The summed E-state index contributed by atoms with van der Waals surface area (Å²) in [7, 11) is 1.50. The van der Waals surface area contributed by atoms with Crippen molar-refractivity contribution in [3.8, 4) is 0 Å². The SMILES string of the molecule is Cn1cnc2c(ncn2[C@@H]2O[C@H](C(O)C(=O)O)[C@@H](O)[C@H]2O)c1=O. The molecule has 23 heavy (non-hydrogen) atoms. The normalized spacial score (nSPS) is 29.0. The second-order valence-corrected chi connectivity index (χ2v) is 5.24. The first-order valence-electron chi connectivity index (χ1n) is 6.63. The summed E-state index contributed by atoms with van der Waals surface area (Å²) in [5, 5.41) is 38.3. The Bertz CT molecular complexity index is 815. The van der Waals surface area contributed by atoms with Gasteiger partial charge in [-0.3, -0.25) is 9.36 Å². The zero-order valence-electron chi connectivity index (χ0n) is 11.8. The van der Waals surface area contributed by atoms with Crippen LogP contribution in [0.25, 0.3) is 11.2 Å². The van der Waals surface area contributed by atoms with Crippen molar-refractivity contribution in [2.24, 2.45) is 7.05 Å². The monoisotopic (exact) mass is 326 g/mol. The van der Waals surface area contributed by atoms with Gasteiger partial charge in [-0.1, -0.05) is 0 Å². The number of nitrogens with zero attached hydrogens (tertiary/aromatic N) is 4. The molecule has 124 valence electrons. The lowest BCUT2D eigenvalue weighted by Gasteiger charge is -2.17. The first kappa shape index (κ1) is 15.6. The minimum Gasteiger partial charge on any atom is -0.479 e. The molecule has 2 aromatic heterocycles. The highest BCUT2D eigenvalue weighted by Crippen LogP contribution is 2.32. The molecule has 11 heteroatoms. The highest BCUT2D eigenvalue weighted by Gasteiger charge is 2.49. The molecule has 3 rings (SSSR count). The maximum atomic E-state index is 11.9. The molecular formula is C12H14N4O7. The van der Waals surface area contributed by atoms with Gasteiger partial charge in [-0.05, 0) is 0 Å². The first-order valence-corrected chi connectivity index (χ1v) is 6.63. The lowest BCUT2D eigenvalue weighted by Crippen LogP contribution is -2.42. The van der Waals surface area contributed by atoms with Gasteiger partial charge in [0.15, 0.2) is 23.5 Å². The van der Waals surface area contributed by atoms with Crippen LogP contribution in [-0.2, 0) is 16.6 Å². The molecular weight excluding hydrogens is 312 g/mol. The molecule has 0 aromatic carbocycles. The third-order valence-corrected chi connectivity index (χ3v) is 3.76. The van der Waals surface area contributed by atoms with Gasteiger partial charge in [0, 0.05) is 7.05 Å². The van der Waals surface area contributed by atoms with E-state index in [1.807, 2.05) is 0 Å². The molecule has 0 saturated carbocycles. The number of carboxylic acid groups (broad SMARTS) is 1. The maximum absolute atomic E-state index is 11.9. The third-order valence-electron chi connectivity index (χ3n) is 3.76. The number of fused-ring (bicyclic) bond motifs is 1. The summed E-state index contributed by atoms with van der Waals surface area (Å²) in [6.07, 6.45) is -5.50. The fourth-order valence-electron chi connectivity index (χ4n) is 2.50. The van der Waals surface area contributed by atoms with E-state index < -0.39 is 42.2 Å². The molecule has 1 aliphatic heterocycles. The number of rotatable bonds is 3. The number of imidazole rings is 1. The van der Waals surface area contributed by atoms with Crippen molar-refractivity contribution in [2.45, 2.75) is 30.6 Å². The second-order valence-electron chi connectivity index (χ2n) is 5.24. The van der Waals surface area contributed by atoms with E-state index in [4.69, 9.17) is 9.84 Å². The van der Waals surface area contributed by atoms with Crippen LogP contribution in [0, 0.1) is 0 Å². The summed E-state index contributed by atoms with van der Waals surface area (Å²) in [5.41, 5.74) is -0.277. The van der Waals surface area contributed by atoms with Crippen molar-refractivity contribution >= 4 is 17.1 Å². The first-order chi connectivity index (χ1) is 10.8. The number of hydrogen-bond donors (Lipinski definition) is 4. The van der Waals surface area contributed by atoms with Crippen LogP contribution in [0.4, 0.5) is 0 Å². The molecule has 1 unspecified atom stereocenters. The van der Waals surface area contributed by atoms with E-state index in [1.165, 1.54) is 28.8 Å². The highest BCUT2D eigenvalue weighted by atomic mass is 16.6. The summed E-state index contributed by atoms with van der Waals surface area (Å²) < 4.78 is 7.70. The molecule has 0 spiro atoms. The van der Waals surface area contributed by atoms with Gasteiger partial charge in [0.1, 0.15) is 18.3 Å². The molecule has 1 saturated heterocycles. The fourth-order valence-corrected chi connectivity index (χ4v) is 2.50. The Hall–Kier alpha value is -2.34. The molecule has 11 nitrogen and oxygen atoms in total. The van der Waals surface area contributed by atoms with Crippen LogP contribution < -0.4 is 5.56 Å². The van der Waals surface area contributed by atoms with Crippen LogP contribution in [-0.4, -0.2) is 69.9 Å². The van der Waals surface area contributed by atoms with Gasteiger partial charge in [0.25, 0.3) is 5.56 Å². The average molecular weight is 326 g/mol. The minimum atomic E-state index is -2.01. The van der Waals surface area contributed by atoms with E-state index in [1.54, 1.807) is 0 Å². The van der Waals surface area contributed by atoms with E-state index in [-0.39, 0.29) is 11.2 Å². The Labute approximate surface area is 128 Å². The van der Waals surface area contributed by atoms with Crippen LogP contribution in [0.2, 0.25) is 0 Å². The number of carbonyl (C=O) groups is 1. The topological polar surface area (TPSA) is 160 Å². The number of hydrogen-bond acceptors (Lipinski definition) is 8. The number of carboxylic acids is 1. The largest absolute Gasteiger partial charge is 0.479 e. The number of aryl methyl sites for hydroxylation is 1. The van der Waals surface area contributed by atoms with Crippen molar-refractivity contribution in [1.29, 1.82) is 0 Å². The zero-order chi connectivity index (χ0) is 16.9. The maximum Gasteiger partial charge on any atom is 0.335 e. The molecule has 0 aliphatic carbocycles. The van der Waals surface area contributed by atoms with E-state index in [0.717, 1.165) is 0 Å². The van der Waals surface area contributed by atoms with Crippen molar-refractivity contribution in [1.82, 2.24) is 19.1 Å². The Balaban J connectivity index is 2.01. The Kier molecular flexibility index (Phi) is 3.64. The Morgan fingerprint density at radius 2 is 2.00 bits per heavy atom. The smallest absolute Gasteiger partial charge is 0.335 e. The summed E-state index contributed by atoms with van der Waals surface area (Å²) in [4.78, 5) is 30.7. The predicted molar refractivity (Wildman–Crippen MR) is 72.3 cm³/mol. The number of aliphatic hydroxyl groups is 3. The van der Waals surface area contributed by atoms with Gasteiger partial charge in [-0.15, -0.1) is 0 Å². The van der Waals surface area contributed by atoms with Gasteiger partial charge in [-0.2, -0.15) is 0 Å². The quantitative estimate of drug-likeness (QED) is 0.467. The number of aliphatic carboxylic acids is 1. The van der Waals surface area contributed by atoms with Crippen molar-refractivity contribution < 1.29 is 30.0 Å². The van der Waals surface area contributed by atoms with Gasteiger partial charge in [0.05, 0.1) is 12.7 Å².